The Morgan fingerprint density at radius 3 is 2.60 bits per heavy atom. The second kappa shape index (κ2) is 5.02. The van der Waals surface area contributed by atoms with E-state index in [0.717, 1.165) is 16.8 Å². The maximum atomic E-state index is 11.9. The van der Waals surface area contributed by atoms with E-state index >= 15 is 0 Å². The smallest absolute Gasteiger partial charge is 0.340 e. The lowest BCUT2D eigenvalue weighted by Crippen LogP contribution is -1.99. The number of rotatable bonds is 2. The second-order valence-electron chi connectivity index (χ2n) is 4.40. The van der Waals surface area contributed by atoms with Crippen molar-refractivity contribution in [2.45, 2.75) is 0 Å². The van der Waals surface area contributed by atoms with Gasteiger partial charge in [0, 0.05) is 11.2 Å². The first-order valence-corrected chi connectivity index (χ1v) is 6.53. The van der Waals surface area contributed by atoms with Crippen molar-refractivity contribution >= 4 is 23.1 Å². The van der Waals surface area contributed by atoms with Gasteiger partial charge in [-0.1, -0.05) is 29.8 Å². The summed E-state index contributed by atoms with van der Waals surface area (Å²) in [6.07, 6.45) is 1.92. The molecule has 100 valence electrons. The Bertz CT molecular complexity index is 775. The predicted octanol–water partition coefficient (Wildman–Crippen LogP) is 4.05. The van der Waals surface area contributed by atoms with Crippen LogP contribution in [0.5, 0.6) is 0 Å². The molecule has 0 atom stereocenters. The number of nitrogens with zero attached hydrogens (tertiary/aromatic N) is 1. The lowest BCUT2D eigenvalue weighted by atomic mass is 10.1. The third kappa shape index (κ3) is 2.06. The molecule has 0 aliphatic heterocycles. The molecule has 0 amide bonds. The Morgan fingerprint density at radius 1 is 1.15 bits per heavy atom. The number of methoxy groups -OCH3 is 1. The minimum atomic E-state index is -0.339. The maximum absolute atomic E-state index is 11.9. The first-order chi connectivity index (χ1) is 9.70. The topological polar surface area (TPSA) is 30.7 Å². The van der Waals surface area contributed by atoms with Gasteiger partial charge in [-0.05, 0) is 35.9 Å². The first kappa shape index (κ1) is 12.8. The third-order valence-corrected chi connectivity index (χ3v) is 3.47. The van der Waals surface area contributed by atoms with Crippen molar-refractivity contribution in [2.24, 2.45) is 0 Å². The van der Waals surface area contributed by atoms with Crippen LogP contribution in [-0.4, -0.2) is 17.5 Å². The summed E-state index contributed by atoms with van der Waals surface area (Å²) in [5, 5.41) is 0.683. The summed E-state index contributed by atoms with van der Waals surface area (Å²) >= 11 is 5.91. The minimum absolute atomic E-state index is 0.339. The molecule has 2 heterocycles. The highest BCUT2D eigenvalue weighted by atomic mass is 35.5. The van der Waals surface area contributed by atoms with Crippen molar-refractivity contribution in [3.05, 3.63) is 65.3 Å². The lowest BCUT2D eigenvalue weighted by Gasteiger charge is -2.02. The molecular weight excluding hydrogens is 274 g/mol. The number of aromatic nitrogens is 1. The van der Waals surface area contributed by atoms with Gasteiger partial charge in [0.1, 0.15) is 0 Å². The maximum Gasteiger partial charge on any atom is 0.340 e. The molecule has 0 fully saturated rings. The number of esters is 1. The average Bonchev–Trinajstić information content (AvgIpc) is 2.87. The van der Waals surface area contributed by atoms with E-state index in [1.165, 1.54) is 7.11 Å². The van der Waals surface area contributed by atoms with Gasteiger partial charge in [0.2, 0.25) is 0 Å². The SMILES string of the molecule is COC(=O)c1cc(-c2ccc(Cl)cc2)n2ccccc12. The van der Waals surface area contributed by atoms with Crippen molar-refractivity contribution < 1.29 is 9.53 Å². The quantitative estimate of drug-likeness (QED) is 0.665. The van der Waals surface area contributed by atoms with Gasteiger partial charge >= 0.3 is 5.97 Å². The van der Waals surface area contributed by atoms with E-state index in [2.05, 4.69) is 0 Å². The summed E-state index contributed by atoms with van der Waals surface area (Å²) in [7, 11) is 1.39. The zero-order valence-corrected chi connectivity index (χ0v) is 11.6. The molecular formula is C16H12ClNO2. The Morgan fingerprint density at radius 2 is 1.90 bits per heavy atom. The van der Waals surface area contributed by atoms with Crippen LogP contribution in [0.4, 0.5) is 0 Å². The van der Waals surface area contributed by atoms with Crippen molar-refractivity contribution in [1.29, 1.82) is 0 Å². The van der Waals surface area contributed by atoms with E-state index in [1.54, 1.807) is 0 Å². The molecule has 0 unspecified atom stereocenters. The summed E-state index contributed by atoms with van der Waals surface area (Å²) in [6.45, 7) is 0. The van der Waals surface area contributed by atoms with Crippen LogP contribution in [0.15, 0.2) is 54.7 Å². The Labute approximate surface area is 121 Å². The fraction of sp³-hybridized carbons (Fsp3) is 0.0625. The summed E-state index contributed by atoms with van der Waals surface area (Å²) in [4.78, 5) is 11.9. The highest BCUT2D eigenvalue weighted by Gasteiger charge is 2.16. The van der Waals surface area contributed by atoms with Crippen LogP contribution in [0.3, 0.4) is 0 Å². The Hall–Kier alpha value is -2.26. The van der Waals surface area contributed by atoms with E-state index < -0.39 is 0 Å². The van der Waals surface area contributed by atoms with Crippen LogP contribution in [0.1, 0.15) is 10.4 Å². The second-order valence-corrected chi connectivity index (χ2v) is 4.83. The number of carbonyl (C=O) groups is 1. The summed E-state index contributed by atoms with van der Waals surface area (Å²) in [6, 6.07) is 15.1. The van der Waals surface area contributed by atoms with Crippen LogP contribution in [0.2, 0.25) is 5.02 Å². The number of carbonyl (C=O) groups excluding carboxylic acids is 1. The van der Waals surface area contributed by atoms with Gasteiger partial charge in [-0.25, -0.2) is 4.79 Å². The van der Waals surface area contributed by atoms with E-state index in [9.17, 15) is 4.79 Å². The lowest BCUT2D eigenvalue weighted by molar-refractivity contribution is 0.0603. The molecule has 4 heteroatoms. The van der Waals surface area contributed by atoms with Crippen LogP contribution >= 0.6 is 11.6 Å². The van der Waals surface area contributed by atoms with E-state index in [-0.39, 0.29) is 5.97 Å². The minimum Gasteiger partial charge on any atom is -0.465 e. The van der Waals surface area contributed by atoms with Gasteiger partial charge < -0.3 is 9.14 Å². The number of pyridine rings is 1. The molecule has 0 bridgehead atoms. The molecule has 3 rings (SSSR count). The molecule has 20 heavy (non-hydrogen) atoms. The zero-order valence-electron chi connectivity index (χ0n) is 10.8. The van der Waals surface area contributed by atoms with Crippen LogP contribution in [0, 0.1) is 0 Å². The fourth-order valence-electron chi connectivity index (χ4n) is 2.27. The summed E-state index contributed by atoms with van der Waals surface area (Å²) in [5.74, 6) is -0.339. The largest absolute Gasteiger partial charge is 0.465 e. The molecule has 1 aromatic carbocycles. The van der Waals surface area contributed by atoms with Crippen LogP contribution in [-0.2, 0) is 4.74 Å². The average molecular weight is 286 g/mol. The Balaban J connectivity index is 2.26. The van der Waals surface area contributed by atoms with E-state index in [0.29, 0.717) is 10.6 Å². The highest BCUT2D eigenvalue weighted by Crippen LogP contribution is 2.27. The molecule has 0 aliphatic rings. The summed E-state index contributed by atoms with van der Waals surface area (Å²) < 4.78 is 6.81. The molecule has 0 saturated carbocycles. The van der Waals surface area contributed by atoms with E-state index in [1.807, 2.05) is 59.1 Å². The van der Waals surface area contributed by atoms with Crippen molar-refractivity contribution in [3.63, 3.8) is 0 Å². The molecule has 3 nitrogen and oxygen atoms in total. The van der Waals surface area contributed by atoms with Crippen LogP contribution < -0.4 is 0 Å². The first-order valence-electron chi connectivity index (χ1n) is 6.15. The van der Waals surface area contributed by atoms with Crippen molar-refractivity contribution in [1.82, 2.24) is 4.40 Å². The van der Waals surface area contributed by atoms with Gasteiger partial charge in [-0.2, -0.15) is 0 Å². The molecule has 3 aromatic rings. The Kier molecular flexibility index (Phi) is 3.20. The number of hydrogen-bond acceptors (Lipinski definition) is 2. The molecule has 0 N–H and O–H groups in total. The van der Waals surface area contributed by atoms with Crippen molar-refractivity contribution in [2.75, 3.05) is 7.11 Å². The van der Waals surface area contributed by atoms with Gasteiger partial charge in [0.15, 0.2) is 0 Å². The number of halogens is 1. The predicted molar refractivity (Wildman–Crippen MR) is 79.2 cm³/mol. The normalized spacial score (nSPS) is 10.7. The van der Waals surface area contributed by atoms with Gasteiger partial charge in [-0.15, -0.1) is 0 Å². The van der Waals surface area contributed by atoms with Gasteiger partial charge in [0.25, 0.3) is 0 Å². The monoisotopic (exact) mass is 285 g/mol. The number of fused-ring (bicyclic) bond motifs is 1. The highest BCUT2D eigenvalue weighted by molar-refractivity contribution is 6.30. The van der Waals surface area contributed by atoms with Gasteiger partial charge in [-0.3, -0.25) is 0 Å². The van der Waals surface area contributed by atoms with E-state index in [4.69, 9.17) is 16.3 Å². The third-order valence-electron chi connectivity index (χ3n) is 3.22. The molecule has 0 spiro atoms. The molecule has 0 radical (unpaired) electrons. The zero-order chi connectivity index (χ0) is 14.1. The van der Waals surface area contributed by atoms with Crippen LogP contribution in [0.25, 0.3) is 16.8 Å². The molecule has 0 aliphatic carbocycles. The molecule has 0 saturated heterocycles. The van der Waals surface area contributed by atoms with Gasteiger partial charge in [0.05, 0.1) is 23.9 Å². The number of benzene rings is 1. The fourth-order valence-corrected chi connectivity index (χ4v) is 2.40. The molecule has 2 aromatic heterocycles. The van der Waals surface area contributed by atoms with Crippen molar-refractivity contribution in [3.8, 4) is 11.3 Å². The standard InChI is InChI=1S/C16H12ClNO2/c1-20-16(19)13-10-15(11-5-7-12(17)8-6-11)18-9-3-2-4-14(13)18/h2-10H,1H3. The summed E-state index contributed by atoms with van der Waals surface area (Å²) in [5.41, 5.74) is 3.30. The number of ether oxygens (including phenoxy) is 1. The number of hydrogen-bond donors (Lipinski definition) is 0.